The summed E-state index contributed by atoms with van der Waals surface area (Å²) >= 11 is 8.22. The molecule has 0 amide bonds. The molecule has 0 atom stereocenters. The largest absolute Gasteiger partial charge is 0.372 e. The van der Waals surface area contributed by atoms with Crippen LogP contribution >= 0.6 is 23.4 Å². The Hall–Kier alpha value is -1.93. The number of halogens is 1. The average Bonchev–Trinajstić information content (AvgIpc) is 2.67. The molecule has 8 heteroatoms. The first-order valence-electron chi connectivity index (χ1n) is 9.69. The molecule has 0 fully saturated rings. The fraction of sp³-hybridized carbons (Fsp3) is 0.381. The normalized spacial score (nSPS) is 13.4. The highest BCUT2D eigenvalue weighted by molar-refractivity contribution is 7.99. The summed E-state index contributed by atoms with van der Waals surface area (Å²) in [5.74, 6) is 2.19. The number of nitrogens with zero attached hydrogens (tertiary/aromatic N) is 3. The SMILES string of the molecule is CC(C)CNCCSc1nc(N)nc(-c2c(Cl)cc3c4c(cccc24)COC3)n1. The molecule has 1 aliphatic rings. The van der Waals surface area contributed by atoms with Crippen molar-refractivity contribution >= 4 is 40.1 Å². The first-order chi connectivity index (χ1) is 14.0. The number of anilines is 1. The molecule has 6 nitrogen and oxygen atoms in total. The number of hydrogen-bond donors (Lipinski definition) is 2. The van der Waals surface area contributed by atoms with E-state index in [4.69, 9.17) is 22.1 Å². The van der Waals surface area contributed by atoms with Crippen molar-refractivity contribution in [1.29, 1.82) is 0 Å². The lowest BCUT2D eigenvalue weighted by Crippen LogP contribution is -2.22. The molecule has 0 aliphatic carbocycles. The number of nitrogens with two attached hydrogens (primary N) is 1. The maximum atomic E-state index is 6.66. The van der Waals surface area contributed by atoms with Crippen LogP contribution in [0, 0.1) is 5.92 Å². The predicted octanol–water partition coefficient (Wildman–Crippen LogP) is 4.30. The minimum Gasteiger partial charge on any atom is -0.372 e. The third-order valence-electron chi connectivity index (χ3n) is 4.71. The van der Waals surface area contributed by atoms with Gasteiger partial charge in [0.15, 0.2) is 11.0 Å². The molecular formula is C21H24ClN5OS. The zero-order chi connectivity index (χ0) is 20.4. The van der Waals surface area contributed by atoms with E-state index in [0.29, 0.717) is 35.1 Å². The van der Waals surface area contributed by atoms with Gasteiger partial charge in [-0.05, 0) is 40.4 Å². The molecule has 29 heavy (non-hydrogen) atoms. The molecule has 0 radical (unpaired) electrons. The number of aromatic nitrogens is 3. The molecule has 3 N–H and O–H groups in total. The van der Waals surface area contributed by atoms with Crippen molar-refractivity contribution in [2.75, 3.05) is 24.6 Å². The van der Waals surface area contributed by atoms with E-state index in [1.54, 1.807) is 11.8 Å². The number of thioether (sulfide) groups is 1. The number of rotatable bonds is 7. The smallest absolute Gasteiger partial charge is 0.224 e. The molecule has 1 aromatic heterocycles. The van der Waals surface area contributed by atoms with Gasteiger partial charge in [-0.15, -0.1) is 0 Å². The van der Waals surface area contributed by atoms with Crippen molar-refractivity contribution in [1.82, 2.24) is 20.3 Å². The van der Waals surface area contributed by atoms with Gasteiger partial charge in [0.05, 0.1) is 18.2 Å². The maximum Gasteiger partial charge on any atom is 0.224 e. The average molecular weight is 430 g/mol. The summed E-state index contributed by atoms with van der Waals surface area (Å²) in [6.07, 6.45) is 0. The van der Waals surface area contributed by atoms with Gasteiger partial charge in [-0.2, -0.15) is 9.97 Å². The second-order valence-electron chi connectivity index (χ2n) is 7.47. The summed E-state index contributed by atoms with van der Waals surface area (Å²) in [6, 6.07) is 8.09. The number of nitrogen functional groups attached to an aromatic ring is 1. The topological polar surface area (TPSA) is 86.0 Å². The molecule has 0 unspecified atom stereocenters. The van der Waals surface area contributed by atoms with Gasteiger partial charge in [-0.3, -0.25) is 0 Å². The van der Waals surface area contributed by atoms with Crippen LogP contribution in [0.3, 0.4) is 0 Å². The summed E-state index contributed by atoms with van der Waals surface area (Å²) in [5.41, 5.74) is 9.03. The monoisotopic (exact) mass is 429 g/mol. The van der Waals surface area contributed by atoms with Gasteiger partial charge in [0.1, 0.15) is 0 Å². The molecule has 1 aliphatic heterocycles. The van der Waals surface area contributed by atoms with Crippen LogP contribution in [0.2, 0.25) is 5.02 Å². The van der Waals surface area contributed by atoms with Crippen molar-refractivity contribution < 1.29 is 4.74 Å². The van der Waals surface area contributed by atoms with Crippen LogP contribution in [0.15, 0.2) is 29.4 Å². The van der Waals surface area contributed by atoms with Crippen LogP contribution in [-0.4, -0.2) is 33.8 Å². The van der Waals surface area contributed by atoms with Crippen LogP contribution in [0.5, 0.6) is 0 Å². The van der Waals surface area contributed by atoms with E-state index in [2.05, 4.69) is 46.2 Å². The van der Waals surface area contributed by atoms with E-state index in [1.807, 2.05) is 12.1 Å². The first kappa shape index (κ1) is 20.3. The van der Waals surface area contributed by atoms with E-state index >= 15 is 0 Å². The fourth-order valence-electron chi connectivity index (χ4n) is 3.50. The molecule has 0 bridgehead atoms. The van der Waals surface area contributed by atoms with Crippen LogP contribution in [0.4, 0.5) is 5.95 Å². The number of nitrogens with one attached hydrogen (secondary N) is 1. The van der Waals surface area contributed by atoms with Crippen LogP contribution in [0.25, 0.3) is 22.2 Å². The zero-order valence-corrected chi connectivity index (χ0v) is 18.1. The van der Waals surface area contributed by atoms with E-state index in [-0.39, 0.29) is 5.95 Å². The van der Waals surface area contributed by atoms with Crippen LogP contribution in [-0.2, 0) is 18.0 Å². The number of benzene rings is 2. The molecule has 0 saturated heterocycles. The third kappa shape index (κ3) is 4.48. The van der Waals surface area contributed by atoms with Crippen molar-refractivity contribution in [2.45, 2.75) is 32.2 Å². The summed E-state index contributed by atoms with van der Waals surface area (Å²) in [6.45, 7) is 7.40. The summed E-state index contributed by atoms with van der Waals surface area (Å²) < 4.78 is 5.67. The molecular weight excluding hydrogens is 406 g/mol. The van der Waals surface area contributed by atoms with Crippen LogP contribution in [0.1, 0.15) is 25.0 Å². The van der Waals surface area contributed by atoms with Gasteiger partial charge in [0.25, 0.3) is 0 Å². The Labute approximate surface area is 179 Å². The van der Waals surface area contributed by atoms with Gasteiger partial charge < -0.3 is 15.8 Å². The van der Waals surface area contributed by atoms with Gasteiger partial charge in [-0.1, -0.05) is 55.4 Å². The molecule has 2 heterocycles. The zero-order valence-electron chi connectivity index (χ0n) is 16.5. The molecule has 3 aromatic rings. The van der Waals surface area contributed by atoms with Gasteiger partial charge >= 0.3 is 0 Å². The molecule has 2 aromatic carbocycles. The summed E-state index contributed by atoms with van der Waals surface area (Å²) in [4.78, 5) is 13.4. The lowest BCUT2D eigenvalue weighted by molar-refractivity contribution is 0.103. The quantitative estimate of drug-likeness (QED) is 0.427. The van der Waals surface area contributed by atoms with Gasteiger partial charge in [-0.25, -0.2) is 4.98 Å². The fourth-order valence-corrected chi connectivity index (χ4v) is 4.56. The minimum atomic E-state index is 0.201. The van der Waals surface area contributed by atoms with Crippen molar-refractivity contribution in [3.63, 3.8) is 0 Å². The first-order valence-corrected chi connectivity index (χ1v) is 11.1. The molecule has 0 saturated carbocycles. The Morgan fingerprint density at radius 2 is 2.03 bits per heavy atom. The second kappa shape index (κ2) is 8.83. The van der Waals surface area contributed by atoms with E-state index in [1.165, 1.54) is 5.39 Å². The summed E-state index contributed by atoms with van der Waals surface area (Å²) in [5, 5.41) is 6.81. The van der Waals surface area contributed by atoms with Crippen molar-refractivity contribution in [3.05, 3.63) is 40.4 Å². The van der Waals surface area contributed by atoms with E-state index < -0.39 is 0 Å². The Morgan fingerprint density at radius 1 is 1.21 bits per heavy atom. The third-order valence-corrected chi connectivity index (χ3v) is 5.86. The lowest BCUT2D eigenvalue weighted by atomic mass is 9.94. The van der Waals surface area contributed by atoms with Crippen LogP contribution < -0.4 is 11.1 Å². The molecule has 152 valence electrons. The van der Waals surface area contributed by atoms with Crippen molar-refractivity contribution in [3.8, 4) is 11.4 Å². The van der Waals surface area contributed by atoms with E-state index in [9.17, 15) is 0 Å². The van der Waals surface area contributed by atoms with Crippen molar-refractivity contribution in [2.24, 2.45) is 5.92 Å². The number of hydrogen-bond acceptors (Lipinski definition) is 7. The van der Waals surface area contributed by atoms with Gasteiger partial charge in [0, 0.05) is 17.9 Å². The Balaban J connectivity index is 1.67. The highest BCUT2D eigenvalue weighted by Gasteiger charge is 2.20. The number of ether oxygens (including phenoxy) is 1. The Kier molecular flexibility index (Phi) is 6.20. The Morgan fingerprint density at radius 3 is 2.86 bits per heavy atom. The lowest BCUT2D eigenvalue weighted by Gasteiger charge is -2.20. The molecule has 4 rings (SSSR count). The van der Waals surface area contributed by atoms with Gasteiger partial charge in [0.2, 0.25) is 5.95 Å². The minimum absolute atomic E-state index is 0.201. The predicted molar refractivity (Wildman–Crippen MR) is 119 cm³/mol. The summed E-state index contributed by atoms with van der Waals surface area (Å²) in [7, 11) is 0. The van der Waals surface area contributed by atoms with E-state index in [0.717, 1.165) is 40.9 Å². The molecule has 0 spiro atoms. The Bertz CT molecular complexity index is 1040. The maximum absolute atomic E-state index is 6.66. The standard InChI is InChI=1S/C21H24ClN5OS/c1-12(2)9-24-6-7-29-21-26-19(25-20(23)27-21)18-15-5-3-4-13-10-28-11-14(17(13)15)8-16(18)22/h3-5,8,12,24H,6-7,9-11H2,1-2H3,(H2,23,25,26,27). The highest BCUT2D eigenvalue weighted by atomic mass is 35.5. The highest BCUT2D eigenvalue weighted by Crippen LogP contribution is 2.39. The second-order valence-corrected chi connectivity index (χ2v) is 8.94.